The Bertz CT molecular complexity index is 478. The number of aryl methyl sites for hydroxylation is 1. The number of nitrogens with one attached hydrogen (secondary N) is 1. The van der Waals surface area contributed by atoms with Gasteiger partial charge in [-0.05, 0) is 19.8 Å². The number of carbonyl (C=O) groups is 2. The van der Waals surface area contributed by atoms with Crippen LogP contribution in [0.15, 0.2) is 5.38 Å². The SMILES string of the molecule is COCCCC(NC(=O)N(C)Cc1csc(C)n1)C(=O)O. The number of carbonyl (C=O) groups excluding carboxylic acids is 1. The number of aliphatic carboxylic acids is 1. The van der Waals surface area contributed by atoms with Gasteiger partial charge in [-0.3, -0.25) is 0 Å². The smallest absolute Gasteiger partial charge is 0.326 e. The average Bonchev–Trinajstić information content (AvgIpc) is 2.82. The highest BCUT2D eigenvalue weighted by molar-refractivity contribution is 7.09. The van der Waals surface area contributed by atoms with Gasteiger partial charge in [0, 0.05) is 26.1 Å². The molecule has 1 aromatic heterocycles. The first-order valence-electron chi connectivity index (χ1n) is 6.58. The Morgan fingerprint density at radius 2 is 2.29 bits per heavy atom. The summed E-state index contributed by atoms with van der Waals surface area (Å²) in [6.45, 7) is 2.71. The first-order chi connectivity index (χ1) is 9.93. The van der Waals surface area contributed by atoms with Gasteiger partial charge >= 0.3 is 12.0 Å². The second-order valence-electron chi connectivity index (χ2n) is 4.69. The van der Waals surface area contributed by atoms with Crippen LogP contribution in [0.2, 0.25) is 0 Å². The maximum atomic E-state index is 12.0. The Hall–Kier alpha value is -1.67. The standard InChI is InChI=1S/C13H21N3O4S/c1-9-14-10(8-21-9)7-16(2)13(19)15-11(12(17)18)5-4-6-20-3/h8,11H,4-7H2,1-3H3,(H,15,19)(H,17,18). The molecule has 0 aromatic carbocycles. The minimum atomic E-state index is -1.04. The van der Waals surface area contributed by atoms with Crippen LogP contribution < -0.4 is 5.32 Å². The van der Waals surface area contributed by atoms with Gasteiger partial charge < -0.3 is 20.1 Å². The van der Waals surface area contributed by atoms with E-state index in [1.807, 2.05) is 12.3 Å². The van der Waals surface area contributed by atoms with E-state index < -0.39 is 18.0 Å². The number of methoxy groups -OCH3 is 1. The van der Waals surface area contributed by atoms with Crippen LogP contribution in [0.1, 0.15) is 23.5 Å². The molecule has 0 spiro atoms. The van der Waals surface area contributed by atoms with Crippen molar-refractivity contribution in [3.63, 3.8) is 0 Å². The minimum absolute atomic E-state index is 0.332. The van der Waals surface area contributed by atoms with Crippen molar-refractivity contribution in [2.75, 3.05) is 20.8 Å². The number of carboxylic acids is 1. The first kappa shape index (κ1) is 17.4. The number of hydrogen-bond donors (Lipinski definition) is 2. The zero-order chi connectivity index (χ0) is 15.8. The molecule has 0 saturated heterocycles. The molecule has 1 rings (SSSR count). The predicted octanol–water partition coefficient (Wildman–Crippen LogP) is 1.47. The lowest BCUT2D eigenvalue weighted by Crippen LogP contribution is -2.46. The Labute approximate surface area is 127 Å². The molecule has 0 aliphatic heterocycles. The average molecular weight is 315 g/mol. The van der Waals surface area contributed by atoms with Crippen LogP contribution in [0, 0.1) is 6.92 Å². The summed E-state index contributed by atoms with van der Waals surface area (Å²) in [6, 6.07) is -1.34. The van der Waals surface area contributed by atoms with Crippen LogP contribution in [0.3, 0.4) is 0 Å². The van der Waals surface area contributed by atoms with Crippen molar-refractivity contribution in [2.45, 2.75) is 32.4 Å². The van der Waals surface area contributed by atoms with Crippen molar-refractivity contribution in [3.8, 4) is 0 Å². The third-order valence-electron chi connectivity index (χ3n) is 2.85. The van der Waals surface area contributed by atoms with E-state index >= 15 is 0 Å². The second-order valence-corrected chi connectivity index (χ2v) is 5.75. The first-order valence-corrected chi connectivity index (χ1v) is 7.46. The molecular weight excluding hydrogens is 294 g/mol. The fourth-order valence-electron chi connectivity index (χ4n) is 1.74. The number of carboxylic acid groups (broad SMARTS) is 1. The highest BCUT2D eigenvalue weighted by atomic mass is 32.1. The Kier molecular flexibility index (Phi) is 7.10. The molecule has 118 valence electrons. The zero-order valence-corrected chi connectivity index (χ0v) is 13.3. The molecule has 1 unspecified atom stereocenters. The second kappa shape index (κ2) is 8.58. The van der Waals surface area contributed by atoms with Gasteiger partial charge in [-0.2, -0.15) is 0 Å². The lowest BCUT2D eigenvalue weighted by molar-refractivity contribution is -0.139. The number of urea groups is 1. The molecule has 1 atom stereocenters. The summed E-state index contributed by atoms with van der Waals surface area (Å²) in [5.41, 5.74) is 0.793. The molecule has 21 heavy (non-hydrogen) atoms. The fraction of sp³-hybridized carbons (Fsp3) is 0.615. The van der Waals surface area contributed by atoms with Gasteiger partial charge in [0.15, 0.2) is 0 Å². The molecule has 0 saturated carbocycles. The third-order valence-corrected chi connectivity index (χ3v) is 3.67. The Morgan fingerprint density at radius 3 is 2.81 bits per heavy atom. The van der Waals surface area contributed by atoms with E-state index in [0.29, 0.717) is 26.0 Å². The highest BCUT2D eigenvalue weighted by Gasteiger charge is 2.21. The highest BCUT2D eigenvalue weighted by Crippen LogP contribution is 2.10. The van der Waals surface area contributed by atoms with Crippen molar-refractivity contribution in [3.05, 3.63) is 16.1 Å². The van der Waals surface area contributed by atoms with Crippen LogP contribution in [0.5, 0.6) is 0 Å². The molecule has 0 bridgehead atoms. The molecule has 0 aliphatic carbocycles. The summed E-state index contributed by atoms with van der Waals surface area (Å²) >= 11 is 1.51. The summed E-state index contributed by atoms with van der Waals surface area (Å²) < 4.78 is 4.88. The summed E-state index contributed by atoms with van der Waals surface area (Å²) in [4.78, 5) is 28.8. The van der Waals surface area contributed by atoms with Crippen LogP contribution in [-0.4, -0.2) is 53.8 Å². The molecule has 1 aromatic rings. The molecule has 1 heterocycles. The summed E-state index contributed by atoms with van der Waals surface area (Å²) in [5.74, 6) is -1.04. The molecular formula is C13H21N3O4S. The fourth-order valence-corrected chi connectivity index (χ4v) is 2.35. The van der Waals surface area contributed by atoms with E-state index in [2.05, 4.69) is 10.3 Å². The van der Waals surface area contributed by atoms with Gasteiger partial charge in [-0.25, -0.2) is 14.6 Å². The van der Waals surface area contributed by atoms with Crippen LogP contribution >= 0.6 is 11.3 Å². The lowest BCUT2D eigenvalue weighted by Gasteiger charge is -2.20. The maximum Gasteiger partial charge on any atom is 0.326 e. The van der Waals surface area contributed by atoms with E-state index in [1.165, 1.54) is 16.2 Å². The normalized spacial score (nSPS) is 12.0. The lowest BCUT2D eigenvalue weighted by atomic mass is 10.1. The predicted molar refractivity (Wildman–Crippen MR) is 79.4 cm³/mol. The van der Waals surface area contributed by atoms with Gasteiger partial charge in [-0.15, -0.1) is 11.3 Å². The van der Waals surface area contributed by atoms with Gasteiger partial charge in [0.25, 0.3) is 0 Å². The van der Waals surface area contributed by atoms with Crippen LogP contribution in [0.4, 0.5) is 4.79 Å². The number of rotatable bonds is 8. The van der Waals surface area contributed by atoms with Gasteiger partial charge in [0.05, 0.1) is 17.2 Å². The van der Waals surface area contributed by atoms with E-state index in [1.54, 1.807) is 14.2 Å². The maximum absolute atomic E-state index is 12.0. The van der Waals surface area contributed by atoms with E-state index in [0.717, 1.165) is 10.7 Å². The van der Waals surface area contributed by atoms with Gasteiger partial charge in [-0.1, -0.05) is 0 Å². The Morgan fingerprint density at radius 1 is 1.57 bits per heavy atom. The van der Waals surface area contributed by atoms with Crippen molar-refractivity contribution in [2.24, 2.45) is 0 Å². The molecule has 0 aliphatic rings. The summed E-state index contributed by atoms with van der Waals surface area (Å²) in [7, 11) is 3.16. The molecule has 2 amide bonds. The van der Waals surface area contributed by atoms with Crippen molar-refractivity contribution in [1.29, 1.82) is 0 Å². The van der Waals surface area contributed by atoms with Crippen LogP contribution in [0.25, 0.3) is 0 Å². The summed E-state index contributed by atoms with van der Waals surface area (Å²) in [6.07, 6.45) is 0.904. The Balaban J connectivity index is 2.49. The molecule has 0 radical (unpaired) electrons. The zero-order valence-electron chi connectivity index (χ0n) is 12.5. The van der Waals surface area contributed by atoms with Crippen molar-refractivity contribution in [1.82, 2.24) is 15.2 Å². The number of aromatic nitrogens is 1. The van der Waals surface area contributed by atoms with Gasteiger partial charge in [0.1, 0.15) is 6.04 Å². The molecule has 0 fully saturated rings. The van der Waals surface area contributed by atoms with E-state index in [9.17, 15) is 9.59 Å². The quantitative estimate of drug-likeness (QED) is 0.709. The van der Waals surface area contributed by atoms with Gasteiger partial charge in [0.2, 0.25) is 0 Å². The molecule has 2 N–H and O–H groups in total. The van der Waals surface area contributed by atoms with Crippen LogP contribution in [-0.2, 0) is 16.1 Å². The number of amides is 2. The number of ether oxygens (including phenoxy) is 1. The van der Waals surface area contributed by atoms with E-state index in [4.69, 9.17) is 9.84 Å². The molecule has 7 nitrogen and oxygen atoms in total. The largest absolute Gasteiger partial charge is 0.480 e. The number of thiazole rings is 1. The topological polar surface area (TPSA) is 91.8 Å². The number of hydrogen-bond acceptors (Lipinski definition) is 5. The summed E-state index contributed by atoms with van der Waals surface area (Å²) in [5, 5.41) is 14.4. The number of nitrogens with zero attached hydrogens (tertiary/aromatic N) is 2. The van der Waals surface area contributed by atoms with Crippen molar-refractivity contribution < 1.29 is 19.4 Å². The monoisotopic (exact) mass is 315 g/mol. The van der Waals surface area contributed by atoms with E-state index in [-0.39, 0.29) is 0 Å². The third kappa shape index (κ3) is 6.09. The minimum Gasteiger partial charge on any atom is -0.480 e. The molecule has 8 heteroatoms. The van der Waals surface area contributed by atoms with Crippen molar-refractivity contribution >= 4 is 23.3 Å².